The summed E-state index contributed by atoms with van der Waals surface area (Å²) in [7, 11) is 0. The summed E-state index contributed by atoms with van der Waals surface area (Å²) in [5.41, 5.74) is -0.723. The number of nitrogens with one attached hydrogen (secondary N) is 1. The van der Waals surface area contributed by atoms with Crippen LogP contribution < -0.4 is 14.8 Å². The molecule has 9 nitrogen and oxygen atoms in total. The number of ether oxygens (including phenoxy) is 3. The molecule has 3 rings (SSSR count). The first-order valence-corrected chi connectivity index (χ1v) is 8.56. The summed E-state index contributed by atoms with van der Waals surface area (Å²) in [6, 6.07) is 4.03. The molecule has 0 saturated carbocycles. The number of imide groups is 1. The lowest BCUT2D eigenvalue weighted by molar-refractivity contribution is -0.146. The molecule has 3 amide bonds. The quantitative estimate of drug-likeness (QED) is 0.446. The molecule has 1 fully saturated rings. The minimum atomic E-state index is -1.03. The van der Waals surface area contributed by atoms with Gasteiger partial charge in [0.1, 0.15) is 25.3 Å². The number of esters is 1. The molecule has 1 aromatic rings. The highest BCUT2D eigenvalue weighted by Crippen LogP contribution is 2.30. The molecule has 2 aliphatic heterocycles. The third-order valence-electron chi connectivity index (χ3n) is 4.57. The molecule has 2 heterocycles. The number of ketones is 1. The van der Waals surface area contributed by atoms with Crippen LogP contribution >= 0.6 is 0 Å². The molecule has 1 N–H and O–H groups in total. The highest BCUT2D eigenvalue weighted by Gasteiger charge is 2.47. The molecule has 0 aromatic heterocycles. The van der Waals surface area contributed by atoms with Crippen LogP contribution in [-0.2, 0) is 14.3 Å². The Morgan fingerprint density at radius 2 is 1.93 bits per heavy atom. The Kier molecular flexibility index (Phi) is 5.02. The lowest BCUT2D eigenvalue weighted by Gasteiger charge is -2.19. The lowest BCUT2D eigenvalue weighted by atomic mass is 9.99. The zero-order chi connectivity index (χ0) is 19.6. The summed E-state index contributed by atoms with van der Waals surface area (Å²) in [5.74, 6) is -0.769. The molecule has 0 unspecified atom stereocenters. The fraction of sp³-hybridized carbons (Fsp3) is 0.444. The average molecular weight is 376 g/mol. The summed E-state index contributed by atoms with van der Waals surface area (Å²) in [4.78, 5) is 49.1. The van der Waals surface area contributed by atoms with Gasteiger partial charge >= 0.3 is 12.0 Å². The van der Waals surface area contributed by atoms with Crippen molar-refractivity contribution in [3.8, 4) is 11.5 Å². The lowest BCUT2D eigenvalue weighted by Crippen LogP contribution is -2.43. The van der Waals surface area contributed by atoms with Crippen LogP contribution in [0.5, 0.6) is 11.5 Å². The van der Waals surface area contributed by atoms with E-state index in [1.165, 1.54) is 6.07 Å². The Bertz CT molecular complexity index is 807. The van der Waals surface area contributed by atoms with Crippen LogP contribution in [0, 0.1) is 0 Å². The van der Waals surface area contributed by atoms with E-state index in [1.807, 2.05) is 0 Å². The van der Waals surface area contributed by atoms with E-state index in [9.17, 15) is 19.2 Å². The number of urea groups is 1. The van der Waals surface area contributed by atoms with Gasteiger partial charge in [-0.05, 0) is 31.5 Å². The SMILES string of the molecule is CC[C@]1(C)NC(=O)N(CC(=O)OCC(=O)c2ccc3c(c2)OCCO3)C1=O. The van der Waals surface area contributed by atoms with Crippen LogP contribution in [0.4, 0.5) is 4.79 Å². The fourth-order valence-corrected chi connectivity index (χ4v) is 2.75. The normalized spacial score (nSPS) is 21.0. The molecular weight excluding hydrogens is 356 g/mol. The molecule has 1 saturated heterocycles. The van der Waals surface area contributed by atoms with Crippen LogP contribution in [-0.4, -0.2) is 60.5 Å². The van der Waals surface area contributed by atoms with Gasteiger partial charge < -0.3 is 19.5 Å². The van der Waals surface area contributed by atoms with Gasteiger partial charge in [-0.1, -0.05) is 6.92 Å². The number of Topliss-reactive ketones (excluding diaryl/α,β-unsaturated/α-hetero) is 1. The van der Waals surface area contributed by atoms with E-state index >= 15 is 0 Å². The largest absolute Gasteiger partial charge is 0.486 e. The van der Waals surface area contributed by atoms with Crippen molar-refractivity contribution in [3.63, 3.8) is 0 Å². The van der Waals surface area contributed by atoms with E-state index in [-0.39, 0.29) is 0 Å². The molecule has 1 aromatic carbocycles. The number of rotatable bonds is 6. The molecule has 0 radical (unpaired) electrons. The number of fused-ring (bicyclic) bond motifs is 1. The van der Waals surface area contributed by atoms with Gasteiger partial charge in [-0.15, -0.1) is 0 Å². The zero-order valence-electron chi connectivity index (χ0n) is 15.1. The highest BCUT2D eigenvalue weighted by atomic mass is 16.6. The number of amides is 3. The van der Waals surface area contributed by atoms with Gasteiger partial charge in [0.25, 0.3) is 5.91 Å². The van der Waals surface area contributed by atoms with E-state index in [2.05, 4.69) is 5.32 Å². The predicted molar refractivity (Wildman–Crippen MR) is 91.7 cm³/mol. The minimum Gasteiger partial charge on any atom is -0.486 e. The monoisotopic (exact) mass is 376 g/mol. The van der Waals surface area contributed by atoms with Crippen molar-refractivity contribution in [2.24, 2.45) is 0 Å². The van der Waals surface area contributed by atoms with Crippen LogP contribution in [0.1, 0.15) is 30.6 Å². The molecule has 2 aliphatic rings. The van der Waals surface area contributed by atoms with Crippen molar-refractivity contribution in [1.29, 1.82) is 0 Å². The molecule has 27 heavy (non-hydrogen) atoms. The number of nitrogens with zero attached hydrogens (tertiary/aromatic N) is 1. The fourth-order valence-electron chi connectivity index (χ4n) is 2.75. The minimum absolute atomic E-state index is 0.306. The summed E-state index contributed by atoms with van der Waals surface area (Å²) < 4.78 is 15.7. The van der Waals surface area contributed by atoms with Gasteiger partial charge in [0.05, 0.1) is 0 Å². The summed E-state index contributed by atoms with van der Waals surface area (Å²) in [6.45, 7) is 3.12. The Morgan fingerprint density at radius 1 is 1.22 bits per heavy atom. The Morgan fingerprint density at radius 3 is 2.59 bits per heavy atom. The van der Waals surface area contributed by atoms with Crippen molar-refractivity contribution in [2.75, 3.05) is 26.4 Å². The molecule has 144 valence electrons. The van der Waals surface area contributed by atoms with Gasteiger partial charge in [-0.2, -0.15) is 0 Å². The third-order valence-corrected chi connectivity index (χ3v) is 4.57. The number of carbonyl (C=O) groups is 4. The van der Waals surface area contributed by atoms with E-state index in [1.54, 1.807) is 26.0 Å². The summed E-state index contributed by atoms with van der Waals surface area (Å²) >= 11 is 0. The molecular formula is C18H20N2O7. The number of hydrogen-bond donors (Lipinski definition) is 1. The van der Waals surface area contributed by atoms with Gasteiger partial charge in [0.15, 0.2) is 23.9 Å². The molecule has 0 aliphatic carbocycles. The smallest absolute Gasteiger partial charge is 0.326 e. The summed E-state index contributed by atoms with van der Waals surface area (Å²) in [6.07, 6.45) is 0.395. The predicted octanol–water partition coefficient (Wildman–Crippen LogP) is 0.904. The second-order valence-electron chi connectivity index (χ2n) is 6.45. The van der Waals surface area contributed by atoms with Gasteiger partial charge in [-0.25, -0.2) is 4.79 Å². The topological polar surface area (TPSA) is 111 Å². The average Bonchev–Trinajstić information content (AvgIpc) is 2.89. The van der Waals surface area contributed by atoms with Crippen molar-refractivity contribution in [2.45, 2.75) is 25.8 Å². The van der Waals surface area contributed by atoms with Crippen molar-refractivity contribution in [1.82, 2.24) is 10.2 Å². The molecule has 9 heteroatoms. The maximum atomic E-state index is 12.2. The van der Waals surface area contributed by atoms with Crippen LogP contribution in [0.3, 0.4) is 0 Å². The van der Waals surface area contributed by atoms with Crippen molar-refractivity contribution < 1.29 is 33.4 Å². The molecule has 0 spiro atoms. The van der Waals surface area contributed by atoms with E-state index < -0.39 is 42.4 Å². The zero-order valence-corrected chi connectivity index (χ0v) is 15.1. The first-order chi connectivity index (χ1) is 12.8. The Labute approximate surface area is 155 Å². The maximum absolute atomic E-state index is 12.2. The van der Waals surface area contributed by atoms with E-state index in [0.29, 0.717) is 36.7 Å². The van der Waals surface area contributed by atoms with Gasteiger partial charge in [0.2, 0.25) is 0 Å². The third kappa shape index (κ3) is 3.71. The Balaban J connectivity index is 1.56. The van der Waals surface area contributed by atoms with Gasteiger partial charge in [-0.3, -0.25) is 19.3 Å². The number of hydrogen-bond acceptors (Lipinski definition) is 7. The molecule has 0 bridgehead atoms. The number of carbonyl (C=O) groups excluding carboxylic acids is 4. The highest BCUT2D eigenvalue weighted by molar-refractivity contribution is 6.08. The van der Waals surface area contributed by atoms with Crippen LogP contribution in [0.15, 0.2) is 18.2 Å². The van der Waals surface area contributed by atoms with E-state index in [4.69, 9.17) is 14.2 Å². The second kappa shape index (κ2) is 7.26. The van der Waals surface area contributed by atoms with Crippen LogP contribution in [0.2, 0.25) is 0 Å². The first-order valence-electron chi connectivity index (χ1n) is 8.56. The summed E-state index contributed by atoms with van der Waals surface area (Å²) in [5, 5.41) is 2.54. The number of benzene rings is 1. The molecule has 1 atom stereocenters. The standard InChI is InChI=1S/C18H20N2O7/c1-3-18(2)16(23)20(17(24)19-18)9-15(22)27-10-12(21)11-4-5-13-14(8-11)26-7-6-25-13/h4-5,8H,3,6-7,9-10H2,1-2H3,(H,19,24)/t18-/m0/s1. The first kappa shape index (κ1) is 18.7. The van der Waals surface area contributed by atoms with Crippen molar-refractivity contribution >= 4 is 23.7 Å². The Hall–Kier alpha value is -3.10. The second-order valence-corrected chi connectivity index (χ2v) is 6.45. The van der Waals surface area contributed by atoms with Crippen molar-refractivity contribution in [3.05, 3.63) is 23.8 Å². The van der Waals surface area contributed by atoms with E-state index in [0.717, 1.165) is 4.90 Å². The van der Waals surface area contributed by atoms with Gasteiger partial charge in [0, 0.05) is 5.56 Å². The van der Waals surface area contributed by atoms with Crippen LogP contribution in [0.25, 0.3) is 0 Å². The maximum Gasteiger partial charge on any atom is 0.326 e.